The second kappa shape index (κ2) is 6.61. The lowest BCUT2D eigenvalue weighted by atomic mass is 10.1. The first-order valence-corrected chi connectivity index (χ1v) is 5.50. The van der Waals surface area contributed by atoms with Crippen molar-refractivity contribution in [3.8, 4) is 0 Å². The fraction of sp³-hybridized carbons (Fsp3) is 0.500. The molecule has 0 saturated heterocycles. The summed E-state index contributed by atoms with van der Waals surface area (Å²) in [5.74, 6) is 0. The molecule has 0 aliphatic rings. The Balaban J connectivity index is 2.61. The fourth-order valence-corrected chi connectivity index (χ4v) is 1.45. The molecular weight excluding hydrogens is 247 g/mol. The number of hydrogen-bond donors (Lipinski definition) is 2. The topological polar surface area (TPSA) is 41.5 Å². The van der Waals surface area contributed by atoms with E-state index in [4.69, 9.17) is 9.84 Å². The smallest absolute Gasteiger partial charge is 0.384 e. The highest BCUT2D eigenvalue weighted by Gasteiger charge is 2.37. The van der Waals surface area contributed by atoms with E-state index in [1.54, 1.807) is 31.4 Å². The highest BCUT2D eigenvalue weighted by molar-refractivity contribution is 5.51. The van der Waals surface area contributed by atoms with Crippen LogP contribution in [-0.4, -0.2) is 37.6 Å². The molecule has 0 amide bonds. The van der Waals surface area contributed by atoms with E-state index in [1.165, 1.54) is 0 Å². The predicted molar refractivity (Wildman–Crippen MR) is 62.6 cm³/mol. The Kier molecular flexibility index (Phi) is 5.43. The van der Waals surface area contributed by atoms with Crippen molar-refractivity contribution in [2.75, 3.05) is 25.6 Å². The molecule has 18 heavy (non-hydrogen) atoms. The molecule has 0 radical (unpaired) electrons. The number of aliphatic hydroxyl groups excluding tert-OH is 1. The second-order valence-corrected chi connectivity index (χ2v) is 3.84. The highest BCUT2D eigenvalue weighted by Crippen LogP contribution is 2.21. The molecule has 6 heteroatoms. The maximum Gasteiger partial charge on any atom is 0.416 e. The molecule has 0 aliphatic heterocycles. The van der Waals surface area contributed by atoms with Gasteiger partial charge >= 0.3 is 6.18 Å². The van der Waals surface area contributed by atoms with Crippen LogP contribution >= 0.6 is 0 Å². The Morgan fingerprint density at radius 1 is 1.33 bits per heavy atom. The van der Waals surface area contributed by atoms with Gasteiger partial charge in [-0.3, -0.25) is 0 Å². The summed E-state index contributed by atoms with van der Waals surface area (Å²) >= 11 is 0. The number of anilines is 1. The van der Waals surface area contributed by atoms with E-state index in [2.05, 4.69) is 5.32 Å². The summed E-state index contributed by atoms with van der Waals surface area (Å²) in [6, 6.07) is 7.00. The van der Waals surface area contributed by atoms with E-state index in [-0.39, 0.29) is 0 Å². The third-order valence-corrected chi connectivity index (χ3v) is 2.46. The third-order valence-electron chi connectivity index (χ3n) is 2.46. The van der Waals surface area contributed by atoms with Gasteiger partial charge in [0.05, 0.1) is 6.61 Å². The van der Waals surface area contributed by atoms with Crippen molar-refractivity contribution in [1.82, 2.24) is 0 Å². The zero-order chi connectivity index (χ0) is 13.6. The van der Waals surface area contributed by atoms with Crippen molar-refractivity contribution in [3.63, 3.8) is 0 Å². The van der Waals surface area contributed by atoms with Crippen LogP contribution in [0.15, 0.2) is 24.3 Å². The molecule has 1 unspecified atom stereocenters. The van der Waals surface area contributed by atoms with Gasteiger partial charge in [0.25, 0.3) is 0 Å². The lowest BCUT2D eigenvalue weighted by molar-refractivity contribution is -0.198. The van der Waals surface area contributed by atoms with E-state index in [1.807, 2.05) is 0 Å². The van der Waals surface area contributed by atoms with Crippen LogP contribution in [0.5, 0.6) is 0 Å². The minimum absolute atomic E-state index is 0.487. The summed E-state index contributed by atoms with van der Waals surface area (Å²) in [5, 5.41) is 11.5. The Morgan fingerprint density at radius 2 is 2.00 bits per heavy atom. The average Bonchev–Trinajstić information content (AvgIpc) is 2.33. The maximum atomic E-state index is 12.1. The molecule has 0 spiro atoms. The van der Waals surface area contributed by atoms with Gasteiger partial charge in [0.15, 0.2) is 6.10 Å². The van der Waals surface area contributed by atoms with Gasteiger partial charge in [0.1, 0.15) is 0 Å². The van der Waals surface area contributed by atoms with E-state index in [0.717, 1.165) is 5.56 Å². The number of halogens is 3. The summed E-state index contributed by atoms with van der Waals surface area (Å²) in [6.45, 7) is -0.0754. The quantitative estimate of drug-likeness (QED) is 0.826. The lowest BCUT2D eigenvalue weighted by Crippen LogP contribution is -2.35. The van der Waals surface area contributed by atoms with Crippen molar-refractivity contribution >= 4 is 5.69 Å². The van der Waals surface area contributed by atoms with Gasteiger partial charge in [0, 0.05) is 19.3 Å². The Labute approximate surface area is 104 Å². The molecule has 102 valence electrons. The number of rotatable bonds is 6. The Hall–Kier alpha value is -1.27. The van der Waals surface area contributed by atoms with Gasteiger partial charge in [-0.25, -0.2) is 0 Å². The van der Waals surface area contributed by atoms with Gasteiger partial charge in [0.2, 0.25) is 0 Å². The minimum Gasteiger partial charge on any atom is -0.384 e. The molecule has 0 aromatic heterocycles. The van der Waals surface area contributed by atoms with Crippen LogP contribution in [0, 0.1) is 0 Å². The molecule has 0 bridgehead atoms. The normalized spacial score (nSPS) is 13.4. The van der Waals surface area contributed by atoms with Crippen molar-refractivity contribution in [1.29, 1.82) is 0 Å². The molecular formula is C12H16F3NO2. The molecule has 1 aromatic carbocycles. The molecule has 0 saturated carbocycles. The van der Waals surface area contributed by atoms with Gasteiger partial charge in [-0.15, -0.1) is 0 Å². The molecule has 1 aromatic rings. The van der Waals surface area contributed by atoms with Crippen molar-refractivity contribution in [2.24, 2.45) is 0 Å². The molecule has 1 rings (SSSR count). The van der Waals surface area contributed by atoms with Crippen LogP contribution in [0.2, 0.25) is 0 Å². The average molecular weight is 263 g/mol. The first kappa shape index (κ1) is 14.8. The minimum atomic E-state index is -4.60. The SMILES string of the molecule is COCCc1ccccc1NCC(O)C(F)(F)F. The van der Waals surface area contributed by atoms with Gasteiger partial charge in [-0.1, -0.05) is 18.2 Å². The standard InChI is InChI=1S/C12H16F3NO2/c1-18-7-6-9-4-2-3-5-10(9)16-8-11(17)12(13,14)15/h2-5,11,16-17H,6-8H2,1H3. The van der Waals surface area contributed by atoms with E-state index < -0.39 is 18.8 Å². The first-order valence-electron chi connectivity index (χ1n) is 5.50. The molecule has 0 aliphatic carbocycles. The highest BCUT2D eigenvalue weighted by atomic mass is 19.4. The summed E-state index contributed by atoms with van der Waals surface area (Å²) < 4.78 is 41.4. The number of methoxy groups -OCH3 is 1. The molecule has 0 heterocycles. The summed E-state index contributed by atoms with van der Waals surface area (Å²) in [6.07, 6.45) is -6.37. The number of hydrogen-bond acceptors (Lipinski definition) is 3. The number of ether oxygens (including phenoxy) is 1. The predicted octanol–water partition coefficient (Wildman–Crippen LogP) is 2.21. The number of benzene rings is 1. The largest absolute Gasteiger partial charge is 0.416 e. The number of para-hydroxylation sites is 1. The van der Waals surface area contributed by atoms with Crippen LogP contribution in [0.4, 0.5) is 18.9 Å². The summed E-state index contributed by atoms with van der Waals surface area (Å²) in [7, 11) is 1.56. The van der Waals surface area contributed by atoms with Crippen LogP contribution in [0.1, 0.15) is 5.56 Å². The monoisotopic (exact) mass is 263 g/mol. The van der Waals surface area contributed by atoms with Crippen LogP contribution in [0.25, 0.3) is 0 Å². The van der Waals surface area contributed by atoms with E-state index in [0.29, 0.717) is 18.7 Å². The van der Waals surface area contributed by atoms with Gasteiger partial charge in [-0.05, 0) is 18.1 Å². The first-order chi connectivity index (χ1) is 8.45. The second-order valence-electron chi connectivity index (χ2n) is 3.84. The van der Waals surface area contributed by atoms with Crippen LogP contribution < -0.4 is 5.32 Å². The van der Waals surface area contributed by atoms with Crippen molar-refractivity contribution in [3.05, 3.63) is 29.8 Å². The fourth-order valence-electron chi connectivity index (χ4n) is 1.45. The van der Waals surface area contributed by atoms with E-state index >= 15 is 0 Å². The van der Waals surface area contributed by atoms with Crippen LogP contribution in [-0.2, 0) is 11.2 Å². The van der Waals surface area contributed by atoms with E-state index in [9.17, 15) is 13.2 Å². The van der Waals surface area contributed by atoms with Gasteiger partial charge < -0.3 is 15.2 Å². The Morgan fingerprint density at radius 3 is 2.61 bits per heavy atom. The van der Waals surface area contributed by atoms with Crippen LogP contribution in [0.3, 0.4) is 0 Å². The zero-order valence-electron chi connectivity index (χ0n) is 10.00. The summed E-state index contributed by atoms with van der Waals surface area (Å²) in [5.41, 5.74) is 1.44. The molecule has 0 fully saturated rings. The van der Waals surface area contributed by atoms with Gasteiger partial charge in [-0.2, -0.15) is 13.2 Å². The third kappa shape index (κ3) is 4.54. The van der Waals surface area contributed by atoms with Crippen molar-refractivity contribution in [2.45, 2.75) is 18.7 Å². The number of aliphatic hydroxyl groups is 1. The molecule has 3 nitrogen and oxygen atoms in total. The molecule has 1 atom stereocenters. The Bertz CT molecular complexity index is 369. The summed E-state index contributed by atoms with van der Waals surface area (Å²) in [4.78, 5) is 0. The number of nitrogens with one attached hydrogen (secondary N) is 1. The number of alkyl halides is 3. The van der Waals surface area contributed by atoms with Crippen molar-refractivity contribution < 1.29 is 23.0 Å². The maximum absolute atomic E-state index is 12.1. The molecule has 2 N–H and O–H groups in total. The zero-order valence-corrected chi connectivity index (χ0v) is 10.00. The lowest BCUT2D eigenvalue weighted by Gasteiger charge is -2.17.